The Morgan fingerprint density at radius 3 is 1.24 bits per heavy atom. The van der Waals surface area contributed by atoms with Crippen LogP contribution in [0.25, 0.3) is 0 Å². The summed E-state index contributed by atoms with van der Waals surface area (Å²) in [5.74, 6) is -1.09. The molecule has 0 N–H and O–H groups in total. The standard InChI is InChI=1S/C57H86O6/c1-4-7-10-13-16-19-21-23-25-27-28-30-31-33-35-38-41-44-47-50-56(59)62-53-54(52-61-55(58)49-46-43-40-37-18-15-12-9-6-3)63-57(60)51-48-45-42-39-36-34-32-29-26-24-22-20-17-14-11-8-5-2/h7,9-10,12-13,16,18-19,21,23-28,30-35,37,39,42,54H,4-6,8,11,14-15,17,20,22,29,36,38,40-41,43-53H2,1-3H3/b10-7-,12-9-,16-13-,21-19-,25-23-,26-24-,28-27+,31-30-,34-32-,35-33-,37-18-,42-39-. The van der Waals surface area contributed by atoms with Crippen molar-refractivity contribution in [2.45, 2.75) is 181 Å². The minimum absolute atomic E-state index is 0.137. The van der Waals surface area contributed by atoms with Gasteiger partial charge in [0, 0.05) is 19.3 Å². The lowest BCUT2D eigenvalue weighted by Crippen LogP contribution is -2.30. The van der Waals surface area contributed by atoms with Crippen molar-refractivity contribution < 1.29 is 28.6 Å². The Kier molecular flexibility index (Phi) is 46.2. The van der Waals surface area contributed by atoms with Crippen LogP contribution in [0.3, 0.4) is 0 Å². The van der Waals surface area contributed by atoms with Gasteiger partial charge in [0.15, 0.2) is 6.10 Å². The molecule has 6 heteroatoms. The van der Waals surface area contributed by atoms with Crippen LogP contribution in [0, 0.1) is 0 Å². The molecule has 0 saturated carbocycles. The van der Waals surface area contributed by atoms with Gasteiger partial charge in [-0.05, 0) is 96.3 Å². The number of hydrogen-bond donors (Lipinski definition) is 0. The molecule has 0 aromatic heterocycles. The molecule has 1 unspecified atom stereocenters. The van der Waals surface area contributed by atoms with Crippen molar-refractivity contribution in [3.05, 3.63) is 146 Å². The van der Waals surface area contributed by atoms with Crippen molar-refractivity contribution in [2.24, 2.45) is 0 Å². The minimum Gasteiger partial charge on any atom is -0.462 e. The molecule has 0 radical (unpaired) electrons. The summed E-state index contributed by atoms with van der Waals surface area (Å²) in [6, 6.07) is 0. The molecule has 0 saturated heterocycles. The molecule has 6 nitrogen and oxygen atoms in total. The van der Waals surface area contributed by atoms with Crippen LogP contribution >= 0.6 is 0 Å². The minimum atomic E-state index is -0.841. The molecule has 0 aromatic rings. The summed E-state index contributed by atoms with van der Waals surface area (Å²) in [5.41, 5.74) is 0. The van der Waals surface area contributed by atoms with Gasteiger partial charge in [0.2, 0.25) is 0 Å². The molecule has 0 fully saturated rings. The summed E-state index contributed by atoms with van der Waals surface area (Å²) >= 11 is 0. The maximum Gasteiger partial charge on any atom is 0.306 e. The number of rotatable bonds is 41. The van der Waals surface area contributed by atoms with E-state index in [0.717, 1.165) is 70.6 Å². The number of allylic oxidation sites excluding steroid dienone is 24. The van der Waals surface area contributed by atoms with Gasteiger partial charge in [-0.25, -0.2) is 0 Å². The van der Waals surface area contributed by atoms with E-state index in [-0.39, 0.29) is 44.4 Å². The van der Waals surface area contributed by atoms with Gasteiger partial charge in [-0.3, -0.25) is 14.4 Å². The highest BCUT2D eigenvalue weighted by Crippen LogP contribution is 2.10. The van der Waals surface area contributed by atoms with Gasteiger partial charge < -0.3 is 14.2 Å². The van der Waals surface area contributed by atoms with Crippen molar-refractivity contribution in [2.75, 3.05) is 13.2 Å². The lowest BCUT2D eigenvalue weighted by atomic mass is 10.1. The molecule has 0 aromatic carbocycles. The maximum atomic E-state index is 12.7. The third-order valence-corrected chi connectivity index (χ3v) is 9.50. The predicted molar refractivity (Wildman–Crippen MR) is 269 cm³/mol. The third kappa shape index (κ3) is 48.2. The fraction of sp³-hybridized carbons (Fsp3) is 0.526. The molecule has 350 valence electrons. The Hall–Kier alpha value is -4.71. The number of hydrogen-bond acceptors (Lipinski definition) is 6. The fourth-order valence-corrected chi connectivity index (χ4v) is 5.89. The normalized spacial score (nSPS) is 13.4. The number of carbonyl (C=O) groups excluding carboxylic acids is 3. The van der Waals surface area contributed by atoms with Gasteiger partial charge in [-0.2, -0.15) is 0 Å². The first-order valence-electron chi connectivity index (χ1n) is 24.4. The first-order valence-corrected chi connectivity index (χ1v) is 24.4. The van der Waals surface area contributed by atoms with Crippen molar-refractivity contribution in [1.82, 2.24) is 0 Å². The molecular formula is C57H86O6. The summed E-state index contributed by atoms with van der Waals surface area (Å²) in [5, 5.41) is 0. The van der Waals surface area contributed by atoms with Crippen LogP contribution in [0.15, 0.2) is 146 Å². The average molecular weight is 867 g/mol. The summed E-state index contributed by atoms with van der Waals surface area (Å²) in [7, 11) is 0. The van der Waals surface area contributed by atoms with E-state index in [1.165, 1.54) is 44.9 Å². The zero-order valence-electron chi connectivity index (χ0n) is 39.8. The van der Waals surface area contributed by atoms with Gasteiger partial charge in [0.05, 0.1) is 0 Å². The van der Waals surface area contributed by atoms with Crippen LogP contribution < -0.4 is 0 Å². The van der Waals surface area contributed by atoms with Crippen molar-refractivity contribution in [1.29, 1.82) is 0 Å². The highest BCUT2D eigenvalue weighted by atomic mass is 16.6. The lowest BCUT2D eigenvalue weighted by molar-refractivity contribution is -0.167. The van der Waals surface area contributed by atoms with E-state index < -0.39 is 12.1 Å². The molecule has 1 atom stereocenters. The lowest BCUT2D eigenvalue weighted by Gasteiger charge is -2.18. The number of esters is 3. The van der Waals surface area contributed by atoms with E-state index in [4.69, 9.17) is 14.2 Å². The number of ether oxygens (including phenoxy) is 3. The largest absolute Gasteiger partial charge is 0.462 e. The quantitative estimate of drug-likeness (QED) is 0.0200. The monoisotopic (exact) mass is 867 g/mol. The zero-order valence-corrected chi connectivity index (χ0v) is 39.8. The van der Waals surface area contributed by atoms with E-state index in [1.54, 1.807) is 0 Å². The molecule has 0 aliphatic rings. The smallest absolute Gasteiger partial charge is 0.306 e. The van der Waals surface area contributed by atoms with Gasteiger partial charge in [0.25, 0.3) is 0 Å². The first kappa shape index (κ1) is 58.3. The molecule has 0 bridgehead atoms. The van der Waals surface area contributed by atoms with E-state index in [2.05, 4.69) is 93.7 Å². The van der Waals surface area contributed by atoms with Gasteiger partial charge in [-0.1, -0.05) is 205 Å². The van der Waals surface area contributed by atoms with Crippen molar-refractivity contribution in [3.63, 3.8) is 0 Å². The van der Waals surface area contributed by atoms with Crippen molar-refractivity contribution in [3.8, 4) is 0 Å². The van der Waals surface area contributed by atoms with E-state index in [0.29, 0.717) is 19.3 Å². The van der Waals surface area contributed by atoms with E-state index in [1.807, 2.05) is 72.9 Å². The average Bonchev–Trinajstić information content (AvgIpc) is 3.28. The van der Waals surface area contributed by atoms with Crippen LogP contribution in [0.1, 0.15) is 175 Å². The Morgan fingerprint density at radius 2 is 0.714 bits per heavy atom. The highest BCUT2D eigenvalue weighted by molar-refractivity contribution is 5.71. The molecule has 0 aliphatic heterocycles. The topological polar surface area (TPSA) is 78.9 Å². The zero-order chi connectivity index (χ0) is 45.8. The van der Waals surface area contributed by atoms with Crippen LogP contribution in [0.5, 0.6) is 0 Å². The Morgan fingerprint density at radius 1 is 0.349 bits per heavy atom. The van der Waals surface area contributed by atoms with Gasteiger partial charge >= 0.3 is 17.9 Å². The highest BCUT2D eigenvalue weighted by Gasteiger charge is 2.19. The summed E-state index contributed by atoms with van der Waals surface area (Å²) < 4.78 is 16.6. The SMILES string of the molecule is CC\C=C/C=C\C=C/C=C\C=C\C=C/C=C\CCCCCC(=O)OCC(COC(=O)CCCC/C=C\C/C=C\CC)OC(=O)CCC/C=C\C/C=C\C/C=C\CCCCCCCC. The van der Waals surface area contributed by atoms with Crippen molar-refractivity contribution >= 4 is 17.9 Å². The molecule has 0 spiro atoms. The molecule has 0 aliphatic carbocycles. The summed E-state index contributed by atoms with van der Waals surface area (Å²) in [4.78, 5) is 37.8. The number of carbonyl (C=O) groups is 3. The molecule has 0 heterocycles. The molecule has 0 amide bonds. The van der Waals surface area contributed by atoms with Gasteiger partial charge in [0.1, 0.15) is 13.2 Å². The number of unbranched alkanes of at least 4 members (excludes halogenated alkanes) is 12. The molecule has 0 rings (SSSR count). The molecular weight excluding hydrogens is 781 g/mol. The molecule has 63 heavy (non-hydrogen) atoms. The second kappa shape index (κ2) is 49.9. The fourth-order valence-electron chi connectivity index (χ4n) is 5.89. The Labute approximate surface area is 385 Å². The predicted octanol–water partition coefficient (Wildman–Crippen LogP) is 16.1. The van der Waals surface area contributed by atoms with Crippen LogP contribution in [-0.2, 0) is 28.6 Å². The van der Waals surface area contributed by atoms with Crippen LogP contribution in [0.4, 0.5) is 0 Å². The summed E-state index contributed by atoms with van der Waals surface area (Å²) in [6.07, 6.45) is 71.3. The van der Waals surface area contributed by atoms with Crippen LogP contribution in [-0.4, -0.2) is 37.2 Å². The second-order valence-electron chi connectivity index (χ2n) is 15.4. The van der Waals surface area contributed by atoms with E-state index in [9.17, 15) is 14.4 Å². The maximum absolute atomic E-state index is 12.7. The van der Waals surface area contributed by atoms with E-state index >= 15 is 0 Å². The first-order chi connectivity index (χ1) is 31.0. The Bertz CT molecular complexity index is 1460. The van der Waals surface area contributed by atoms with Gasteiger partial charge in [-0.15, -0.1) is 0 Å². The second-order valence-corrected chi connectivity index (χ2v) is 15.4. The van der Waals surface area contributed by atoms with Crippen LogP contribution in [0.2, 0.25) is 0 Å². The Balaban J connectivity index is 4.58. The summed E-state index contributed by atoms with van der Waals surface area (Å²) in [6.45, 7) is 6.21. The third-order valence-electron chi connectivity index (χ3n) is 9.50.